The molecule has 2 heterocycles. The fourth-order valence-corrected chi connectivity index (χ4v) is 3.88. The number of rotatable bonds is 5. The first kappa shape index (κ1) is 20.2. The van der Waals surface area contributed by atoms with Gasteiger partial charge in [0.15, 0.2) is 17.5 Å². The number of nitrogens with one attached hydrogen (secondary N) is 2. The molecule has 7 nitrogen and oxygen atoms in total. The van der Waals surface area contributed by atoms with Crippen LogP contribution in [-0.2, 0) is 22.6 Å². The van der Waals surface area contributed by atoms with Gasteiger partial charge in [0.1, 0.15) is 25.8 Å². The monoisotopic (exact) mass is 410 g/mol. The SMILES string of the molecule is CC(C)[C@H](NC(=O)[C@@H]1Cc2ccccc2C[NH2+]1)C(=O)Nc1ccc2c(c1)OCCO2. The van der Waals surface area contributed by atoms with Crippen molar-refractivity contribution >= 4 is 17.5 Å². The normalized spacial score (nSPS) is 18.3. The summed E-state index contributed by atoms with van der Waals surface area (Å²) in [6.45, 7) is 5.62. The highest BCUT2D eigenvalue weighted by Crippen LogP contribution is 2.32. The smallest absolute Gasteiger partial charge is 0.279 e. The third kappa shape index (κ3) is 4.41. The summed E-state index contributed by atoms with van der Waals surface area (Å²) in [7, 11) is 0. The van der Waals surface area contributed by atoms with E-state index >= 15 is 0 Å². The van der Waals surface area contributed by atoms with Crippen LogP contribution < -0.4 is 25.4 Å². The van der Waals surface area contributed by atoms with E-state index in [-0.39, 0.29) is 23.8 Å². The Balaban J connectivity index is 1.41. The second-order valence-corrected chi connectivity index (χ2v) is 8.10. The highest BCUT2D eigenvalue weighted by molar-refractivity contribution is 5.98. The second-order valence-electron chi connectivity index (χ2n) is 8.10. The maximum Gasteiger partial charge on any atom is 0.279 e. The minimum absolute atomic E-state index is 0.0537. The van der Waals surface area contributed by atoms with Crippen molar-refractivity contribution in [1.29, 1.82) is 0 Å². The first-order valence-electron chi connectivity index (χ1n) is 10.4. The average Bonchev–Trinajstić information content (AvgIpc) is 2.76. The molecule has 4 rings (SSSR count). The molecule has 7 heteroatoms. The number of fused-ring (bicyclic) bond motifs is 2. The lowest BCUT2D eigenvalue weighted by molar-refractivity contribution is -0.695. The molecule has 0 aliphatic carbocycles. The van der Waals surface area contributed by atoms with Crippen molar-refractivity contribution in [3.05, 3.63) is 53.6 Å². The number of anilines is 1. The molecule has 0 bridgehead atoms. The average molecular weight is 410 g/mol. The van der Waals surface area contributed by atoms with Crippen LogP contribution >= 0.6 is 0 Å². The van der Waals surface area contributed by atoms with Crippen LogP contribution in [0.5, 0.6) is 11.5 Å². The van der Waals surface area contributed by atoms with Gasteiger partial charge in [-0.3, -0.25) is 9.59 Å². The Morgan fingerprint density at radius 2 is 1.77 bits per heavy atom. The number of hydrogen-bond donors (Lipinski definition) is 3. The van der Waals surface area contributed by atoms with E-state index in [0.29, 0.717) is 36.8 Å². The number of hydrogen-bond acceptors (Lipinski definition) is 4. The fourth-order valence-electron chi connectivity index (χ4n) is 3.88. The number of carbonyl (C=O) groups is 2. The zero-order valence-electron chi connectivity index (χ0n) is 17.3. The van der Waals surface area contributed by atoms with Crippen molar-refractivity contribution in [3.63, 3.8) is 0 Å². The predicted molar refractivity (Wildman–Crippen MR) is 112 cm³/mol. The fraction of sp³-hybridized carbons (Fsp3) is 0.391. The van der Waals surface area contributed by atoms with Gasteiger partial charge >= 0.3 is 0 Å². The Labute approximate surface area is 176 Å². The first-order chi connectivity index (χ1) is 14.5. The van der Waals surface area contributed by atoms with Gasteiger partial charge in [-0.15, -0.1) is 0 Å². The van der Waals surface area contributed by atoms with Crippen molar-refractivity contribution < 1.29 is 24.4 Å². The van der Waals surface area contributed by atoms with Gasteiger partial charge in [0, 0.05) is 23.7 Å². The van der Waals surface area contributed by atoms with Crippen LogP contribution in [0.2, 0.25) is 0 Å². The van der Waals surface area contributed by atoms with Crippen LogP contribution in [0.3, 0.4) is 0 Å². The third-order valence-electron chi connectivity index (χ3n) is 5.57. The zero-order valence-corrected chi connectivity index (χ0v) is 17.3. The quantitative estimate of drug-likeness (QED) is 0.691. The molecular formula is C23H28N3O4+. The molecule has 0 saturated carbocycles. The Kier molecular flexibility index (Phi) is 5.90. The molecule has 158 valence electrons. The van der Waals surface area contributed by atoms with Crippen molar-refractivity contribution in [2.75, 3.05) is 18.5 Å². The summed E-state index contributed by atoms with van der Waals surface area (Å²) >= 11 is 0. The Morgan fingerprint density at radius 1 is 1.03 bits per heavy atom. The van der Waals surface area contributed by atoms with Crippen molar-refractivity contribution in [3.8, 4) is 11.5 Å². The first-order valence-corrected chi connectivity index (χ1v) is 10.4. The summed E-state index contributed by atoms with van der Waals surface area (Å²) in [5.41, 5.74) is 3.07. The van der Waals surface area contributed by atoms with Gasteiger partial charge in [0.05, 0.1) is 0 Å². The standard InChI is InChI=1S/C23H27N3O4/c1-14(2)21(23(28)25-17-7-8-19-20(12-17)30-10-9-29-19)26-22(27)18-11-15-5-3-4-6-16(15)13-24-18/h3-8,12,14,18,21,24H,9-11,13H2,1-2H3,(H,25,28)(H,26,27)/p+1/t18-,21-/m0/s1. The van der Waals surface area contributed by atoms with Crippen molar-refractivity contribution in [2.24, 2.45) is 5.92 Å². The maximum atomic E-state index is 12.9. The van der Waals surface area contributed by atoms with Crippen LogP contribution in [-0.4, -0.2) is 37.1 Å². The summed E-state index contributed by atoms with van der Waals surface area (Å²) in [6, 6.07) is 12.6. The molecule has 30 heavy (non-hydrogen) atoms. The van der Waals surface area contributed by atoms with E-state index in [1.54, 1.807) is 18.2 Å². The van der Waals surface area contributed by atoms with E-state index in [1.807, 2.05) is 31.3 Å². The maximum absolute atomic E-state index is 12.9. The molecule has 0 unspecified atom stereocenters. The van der Waals surface area contributed by atoms with E-state index in [0.717, 1.165) is 6.54 Å². The van der Waals surface area contributed by atoms with Gasteiger partial charge in [-0.25, -0.2) is 0 Å². The van der Waals surface area contributed by atoms with E-state index in [1.165, 1.54) is 11.1 Å². The number of benzene rings is 2. The lowest BCUT2D eigenvalue weighted by atomic mass is 9.94. The van der Waals surface area contributed by atoms with Gasteiger partial charge in [-0.2, -0.15) is 0 Å². The molecule has 0 saturated heterocycles. The van der Waals surface area contributed by atoms with Gasteiger partial charge in [0.2, 0.25) is 5.91 Å². The second kappa shape index (κ2) is 8.75. The van der Waals surface area contributed by atoms with E-state index < -0.39 is 6.04 Å². The lowest BCUT2D eigenvalue weighted by Crippen LogP contribution is -2.93. The minimum atomic E-state index is -0.628. The molecule has 2 aliphatic heterocycles. The van der Waals surface area contributed by atoms with Crippen LogP contribution in [0.1, 0.15) is 25.0 Å². The Bertz CT molecular complexity index is 944. The van der Waals surface area contributed by atoms with Crippen molar-refractivity contribution in [1.82, 2.24) is 5.32 Å². The molecule has 0 radical (unpaired) electrons. The molecule has 2 amide bonds. The number of amides is 2. The zero-order chi connectivity index (χ0) is 21.1. The summed E-state index contributed by atoms with van der Waals surface area (Å²) in [4.78, 5) is 25.8. The van der Waals surface area contributed by atoms with Gasteiger partial charge in [-0.05, 0) is 23.6 Å². The summed E-state index contributed by atoms with van der Waals surface area (Å²) in [6.07, 6.45) is 0.663. The van der Waals surface area contributed by atoms with Crippen LogP contribution in [0, 0.1) is 5.92 Å². The molecule has 2 atom stereocenters. The van der Waals surface area contributed by atoms with E-state index in [2.05, 4.69) is 22.8 Å². The molecule has 0 aromatic heterocycles. The Hall–Kier alpha value is -3.06. The number of carbonyl (C=O) groups excluding carboxylic acids is 2. The lowest BCUT2D eigenvalue weighted by Gasteiger charge is -2.26. The molecule has 2 aromatic carbocycles. The molecule has 2 aromatic rings. The number of nitrogens with two attached hydrogens (primary N) is 1. The van der Waals surface area contributed by atoms with E-state index in [9.17, 15) is 9.59 Å². The van der Waals surface area contributed by atoms with Crippen LogP contribution in [0.15, 0.2) is 42.5 Å². The van der Waals surface area contributed by atoms with E-state index in [4.69, 9.17) is 9.47 Å². The molecule has 0 spiro atoms. The summed E-state index contributed by atoms with van der Waals surface area (Å²) < 4.78 is 11.1. The minimum Gasteiger partial charge on any atom is -0.486 e. The predicted octanol–water partition coefficient (Wildman–Crippen LogP) is 1.23. The molecular weight excluding hydrogens is 382 g/mol. The number of ether oxygens (including phenoxy) is 2. The molecule has 2 aliphatic rings. The van der Waals surface area contributed by atoms with Gasteiger partial charge in [-0.1, -0.05) is 38.1 Å². The topological polar surface area (TPSA) is 93.3 Å². The van der Waals surface area contributed by atoms with Crippen molar-refractivity contribution in [2.45, 2.75) is 38.9 Å². The van der Waals surface area contributed by atoms with Gasteiger partial charge in [0.25, 0.3) is 5.91 Å². The Morgan fingerprint density at radius 3 is 2.53 bits per heavy atom. The molecule has 0 fully saturated rings. The van der Waals surface area contributed by atoms with Gasteiger partial charge < -0.3 is 25.4 Å². The largest absolute Gasteiger partial charge is 0.486 e. The molecule has 4 N–H and O–H groups in total. The highest BCUT2D eigenvalue weighted by Gasteiger charge is 2.32. The third-order valence-corrected chi connectivity index (χ3v) is 5.57. The highest BCUT2D eigenvalue weighted by atomic mass is 16.6. The summed E-state index contributed by atoms with van der Waals surface area (Å²) in [5, 5.41) is 7.89. The van der Waals surface area contributed by atoms with Crippen LogP contribution in [0.25, 0.3) is 0 Å². The number of quaternary nitrogens is 1. The summed E-state index contributed by atoms with van der Waals surface area (Å²) in [5.74, 6) is 0.870. The van der Waals surface area contributed by atoms with Crippen LogP contribution in [0.4, 0.5) is 5.69 Å².